The van der Waals surface area contributed by atoms with Gasteiger partial charge in [0.25, 0.3) is 0 Å². The Kier molecular flexibility index (Phi) is 5.92. The third-order valence-corrected chi connectivity index (χ3v) is 9.46. The molecule has 0 radical (unpaired) electrons. The number of nitrogens with zero attached hydrogens (tertiary/aromatic N) is 3. The van der Waals surface area contributed by atoms with E-state index >= 15 is 0 Å². The Balaban J connectivity index is 1.46. The SMILES string of the molecule is CN=c1ccc(-c2c3ccccc3c(-c3ccc(C#N)c4ccccc34)c3ccccc23)cn1-c1cc2ccccc2s1. The molecule has 6 aromatic carbocycles. The highest BCUT2D eigenvalue weighted by atomic mass is 32.1. The highest BCUT2D eigenvalue weighted by Gasteiger charge is 2.19. The highest BCUT2D eigenvalue weighted by Crippen LogP contribution is 2.45. The minimum atomic E-state index is 0.691. The van der Waals surface area contributed by atoms with E-state index in [9.17, 15) is 5.26 Å². The van der Waals surface area contributed by atoms with Crippen molar-refractivity contribution in [3.8, 4) is 33.3 Å². The minimum Gasteiger partial charge on any atom is -0.293 e. The molecule has 0 atom stereocenters. The lowest BCUT2D eigenvalue weighted by molar-refractivity contribution is 0.959. The topological polar surface area (TPSA) is 41.1 Å². The normalized spacial score (nSPS) is 12.0. The summed E-state index contributed by atoms with van der Waals surface area (Å²) >= 11 is 1.77. The molecule has 0 saturated heterocycles. The van der Waals surface area contributed by atoms with Gasteiger partial charge in [-0.3, -0.25) is 9.56 Å². The van der Waals surface area contributed by atoms with Crippen molar-refractivity contribution in [1.29, 1.82) is 5.26 Å². The average Bonchev–Trinajstić information content (AvgIpc) is 3.51. The van der Waals surface area contributed by atoms with Crippen molar-refractivity contribution in [2.45, 2.75) is 0 Å². The molecule has 0 aliphatic carbocycles. The second kappa shape index (κ2) is 10.1. The van der Waals surface area contributed by atoms with E-state index in [-0.39, 0.29) is 0 Å². The van der Waals surface area contributed by atoms with Gasteiger partial charge in [0.1, 0.15) is 10.5 Å². The van der Waals surface area contributed by atoms with Crippen LogP contribution in [0.2, 0.25) is 0 Å². The Hall–Kier alpha value is -5.50. The maximum atomic E-state index is 9.83. The fourth-order valence-electron chi connectivity index (χ4n) is 6.43. The molecular formula is C39H25N3S. The van der Waals surface area contributed by atoms with Crippen LogP contribution in [0.25, 0.3) is 69.7 Å². The molecule has 0 aliphatic heterocycles. The molecule has 0 N–H and O–H groups in total. The van der Waals surface area contributed by atoms with Gasteiger partial charge < -0.3 is 0 Å². The standard InChI is InChI=1S/C39H25N3S/c1-41-36-21-19-27(24-42(36)37-22-25-10-2-9-17-35(25)43-37)38-30-13-5-7-15-32(30)39(33-16-8-6-14-31(33)38)34-20-18-26(23-40)28-11-3-4-12-29(28)34/h2-22,24H,1H3. The number of benzene rings is 6. The van der Waals surface area contributed by atoms with Crippen molar-refractivity contribution in [2.75, 3.05) is 7.05 Å². The van der Waals surface area contributed by atoms with Gasteiger partial charge in [-0.25, -0.2) is 0 Å². The molecule has 3 nitrogen and oxygen atoms in total. The van der Waals surface area contributed by atoms with Gasteiger partial charge in [0.05, 0.1) is 11.6 Å². The van der Waals surface area contributed by atoms with Crippen LogP contribution in [0.5, 0.6) is 0 Å². The molecular weight excluding hydrogens is 543 g/mol. The van der Waals surface area contributed by atoms with E-state index in [4.69, 9.17) is 0 Å². The number of aromatic nitrogens is 1. The van der Waals surface area contributed by atoms with Gasteiger partial charge >= 0.3 is 0 Å². The van der Waals surface area contributed by atoms with Crippen molar-refractivity contribution in [3.63, 3.8) is 0 Å². The van der Waals surface area contributed by atoms with Crippen LogP contribution in [-0.2, 0) is 0 Å². The number of rotatable bonds is 3. The highest BCUT2D eigenvalue weighted by molar-refractivity contribution is 7.21. The first kappa shape index (κ1) is 25.2. The fourth-order valence-corrected chi connectivity index (χ4v) is 7.48. The quantitative estimate of drug-likeness (QED) is 0.196. The van der Waals surface area contributed by atoms with Crippen molar-refractivity contribution in [3.05, 3.63) is 145 Å². The van der Waals surface area contributed by atoms with Gasteiger partial charge in [0.15, 0.2) is 0 Å². The molecule has 0 aliphatic rings. The molecule has 202 valence electrons. The van der Waals surface area contributed by atoms with Gasteiger partial charge in [-0.2, -0.15) is 5.26 Å². The van der Waals surface area contributed by atoms with Crippen LogP contribution in [0, 0.1) is 11.3 Å². The minimum absolute atomic E-state index is 0.691. The fraction of sp³-hybridized carbons (Fsp3) is 0.0256. The van der Waals surface area contributed by atoms with Gasteiger partial charge in [0, 0.05) is 23.3 Å². The van der Waals surface area contributed by atoms with Gasteiger partial charge in [-0.15, -0.1) is 11.3 Å². The summed E-state index contributed by atoms with van der Waals surface area (Å²) in [5.74, 6) is 0. The van der Waals surface area contributed by atoms with Gasteiger partial charge in [-0.05, 0) is 84.9 Å². The van der Waals surface area contributed by atoms with Crippen LogP contribution < -0.4 is 5.49 Å². The van der Waals surface area contributed by atoms with E-state index in [1.54, 1.807) is 11.3 Å². The average molecular weight is 568 g/mol. The Morgan fingerprint density at radius 1 is 0.628 bits per heavy atom. The van der Waals surface area contributed by atoms with Crippen molar-refractivity contribution in [2.24, 2.45) is 4.99 Å². The number of hydrogen-bond donors (Lipinski definition) is 0. The summed E-state index contributed by atoms with van der Waals surface area (Å²) in [5, 5.41) is 19.0. The van der Waals surface area contributed by atoms with E-state index < -0.39 is 0 Å². The third-order valence-electron chi connectivity index (χ3n) is 8.34. The molecule has 0 saturated carbocycles. The van der Waals surface area contributed by atoms with Crippen molar-refractivity contribution >= 4 is 53.7 Å². The Labute approximate surface area is 252 Å². The molecule has 0 bridgehead atoms. The molecule has 8 aromatic rings. The first-order chi connectivity index (χ1) is 21.2. The smallest absolute Gasteiger partial charge is 0.132 e. The molecule has 8 rings (SSSR count). The summed E-state index contributed by atoms with van der Waals surface area (Å²) in [4.78, 5) is 4.62. The summed E-state index contributed by atoms with van der Waals surface area (Å²) in [6, 6.07) is 47.1. The molecule has 0 fully saturated rings. The summed E-state index contributed by atoms with van der Waals surface area (Å²) in [6.07, 6.45) is 2.23. The predicted octanol–water partition coefficient (Wildman–Crippen LogP) is 9.89. The monoisotopic (exact) mass is 567 g/mol. The van der Waals surface area contributed by atoms with E-state index in [1.807, 2.05) is 25.2 Å². The summed E-state index contributed by atoms with van der Waals surface area (Å²) < 4.78 is 3.47. The molecule has 0 spiro atoms. The molecule has 0 unspecified atom stereocenters. The largest absolute Gasteiger partial charge is 0.293 e. The number of pyridine rings is 1. The summed E-state index contributed by atoms with van der Waals surface area (Å²) in [7, 11) is 1.85. The molecule has 2 heterocycles. The zero-order valence-corrected chi connectivity index (χ0v) is 24.3. The lowest BCUT2D eigenvalue weighted by Gasteiger charge is -2.19. The van der Waals surface area contributed by atoms with Crippen LogP contribution >= 0.6 is 11.3 Å². The number of thiophene rings is 1. The van der Waals surface area contributed by atoms with E-state index in [2.05, 4.69) is 131 Å². The maximum absolute atomic E-state index is 9.83. The number of hydrogen-bond acceptors (Lipinski definition) is 3. The zero-order valence-electron chi connectivity index (χ0n) is 23.5. The summed E-state index contributed by atoms with van der Waals surface area (Å²) in [5.41, 5.74) is 6.25. The second-order valence-corrected chi connectivity index (χ2v) is 11.7. The first-order valence-electron chi connectivity index (χ1n) is 14.3. The van der Waals surface area contributed by atoms with Crippen LogP contribution in [-0.4, -0.2) is 11.6 Å². The van der Waals surface area contributed by atoms with Crippen LogP contribution in [0.3, 0.4) is 0 Å². The Morgan fingerprint density at radius 2 is 1.23 bits per heavy atom. The lowest BCUT2D eigenvalue weighted by atomic mass is 9.84. The molecule has 4 heteroatoms. The van der Waals surface area contributed by atoms with Crippen molar-refractivity contribution in [1.82, 2.24) is 4.57 Å². The van der Waals surface area contributed by atoms with Gasteiger partial charge in [0.2, 0.25) is 0 Å². The molecule has 2 aromatic heterocycles. The molecule has 0 amide bonds. The predicted molar refractivity (Wildman–Crippen MR) is 181 cm³/mol. The Morgan fingerprint density at radius 3 is 1.88 bits per heavy atom. The summed E-state index contributed by atoms with van der Waals surface area (Å²) in [6.45, 7) is 0. The van der Waals surface area contributed by atoms with Crippen LogP contribution in [0.4, 0.5) is 0 Å². The third kappa shape index (κ3) is 3.98. The molecule has 43 heavy (non-hydrogen) atoms. The first-order valence-corrected chi connectivity index (χ1v) is 15.1. The van der Waals surface area contributed by atoms with Gasteiger partial charge in [-0.1, -0.05) is 97.1 Å². The van der Waals surface area contributed by atoms with Crippen LogP contribution in [0.1, 0.15) is 5.56 Å². The van der Waals surface area contributed by atoms with E-state index in [0.717, 1.165) is 32.4 Å². The maximum Gasteiger partial charge on any atom is 0.132 e. The lowest BCUT2D eigenvalue weighted by Crippen LogP contribution is -2.17. The number of nitriles is 1. The zero-order chi connectivity index (χ0) is 28.9. The van der Waals surface area contributed by atoms with E-state index in [0.29, 0.717) is 5.56 Å². The Bertz CT molecular complexity index is 2400. The van der Waals surface area contributed by atoms with Crippen molar-refractivity contribution < 1.29 is 0 Å². The van der Waals surface area contributed by atoms with Crippen LogP contribution in [0.15, 0.2) is 139 Å². The van der Waals surface area contributed by atoms with E-state index in [1.165, 1.54) is 42.8 Å². The number of fused-ring (bicyclic) bond motifs is 4. The second-order valence-electron chi connectivity index (χ2n) is 10.7.